The van der Waals surface area contributed by atoms with Crippen LogP contribution in [0.25, 0.3) is 60.7 Å². The number of para-hydroxylation sites is 6. The molecular formula is C53H37N5. The van der Waals surface area contributed by atoms with Crippen LogP contribution in [0.2, 0.25) is 0 Å². The van der Waals surface area contributed by atoms with Crippen LogP contribution < -0.4 is 4.90 Å². The number of aliphatic imine (C=N–C) groups is 1. The third-order valence-electron chi connectivity index (χ3n) is 11.5. The molecule has 0 radical (unpaired) electrons. The summed E-state index contributed by atoms with van der Waals surface area (Å²) in [6.07, 6.45) is 0. The van der Waals surface area contributed by atoms with Crippen LogP contribution in [0.3, 0.4) is 0 Å². The number of hydrogen-bond acceptors (Lipinski definition) is 3. The second-order valence-corrected chi connectivity index (χ2v) is 14.8. The summed E-state index contributed by atoms with van der Waals surface area (Å²) < 4.78 is 4.68. The van der Waals surface area contributed by atoms with Gasteiger partial charge in [0.2, 0.25) is 0 Å². The average Bonchev–Trinajstić information content (AvgIpc) is 3.91. The summed E-state index contributed by atoms with van der Waals surface area (Å²) in [6.45, 7) is 2.09. The first-order chi connectivity index (χ1) is 28.6. The van der Waals surface area contributed by atoms with Crippen molar-refractivity contribution < 1.29 is 0 Å². The average molecular weight is 744 g/mol. The highest BCUT2D eigenvalue weighted by molar-refractivity contribution is 6.26. The molecule has 1 N–H and O–H groups in total. The molecule has 0 aliphatic carbocycles. The van der Waals surface area contributed by atoms with Gasteiger partial charge in [0, 0.05) is 55.4 Å². The van der Waals surface area contributed by atoms with Crippen LogP contribution >= 0.6 is 0 Å². The molecule has 0 atom stereocenters. The van der Waals surface area contributed by atoms with Gasteiger partial charge >= 0.3 is 0 Å². The number of benzene rings is 8. The smallest absolute Gasteiger partial charge is 0.0985 e. The van der Waals surface area contributed by atoms with E-state index in [1.54, 1.807) is 0 Å². The Morgan fingerprint density at radius 3 is 1.52 bits per heavy atom. The summed E-state index contributed by atoms with van der Waals surface area (Å²) in [6, 6.07) is 70.2. The predicted octanol–water partition coefficient (Wildman–Crippen LogP) is 13.3. The maximum atomic E-state index is 9.75. The Kier molecular flexibility index (Phi) is 7.79. The van der Waals surface area contributed by atoms with E-state index in [1.165, 1.54) is 21.5 Å². The van der Waals surface area contributed by atoms with Crippen LogP contribution in [0, 0.1) is 5.41 Å². The zero-order valence-corrected chi connectivity index (χ0v) is 31.8. The lowest BCUT2D eigenvalue weighted by atomic mass is 10.0. The number of aromatic nitrogens is 2. The van der Waals surface area contributed by atoms with Crippen molar-refractivity contribution >= 4 is 72.1 Å². The highest BCUT2D eigenvalue weighted by Crippen LogP contribution is 2.44. The van der Waals surface area contributed by atoms with E-state index in [9.17, 15) is 5.41 Å². The minimum Gasteiger partial charge on any atom is -0.309 e. The minimum absolute atomic E-state index is 0.442. The molecule has 0 amide bonds. The van der Waals surface area contributed by atoms with Gasteiger partial charge in [-0.05, 0) is 79.2 Å². The maximum Gasteiger partial charge on any atom is 0.0985 e. The number of rotatable bonds is 6. The molecule has 1 aliphatic rings. The Morgan fingerprint density at radius 2 is 0.897 bits per heavy atom. The van der Waals surface area contributed by atoms with Gasteiger partial charge in [-0.15, -0.1) is 0 Å². The van der Waals surface area contributed by atoms with Crippen molar-refractivity contribution in [2.45, 2.75) is 6.92 Å². The van der Waals surface area contributed by atoms with E-state index in [1.807, 2.05) is 36.4 Å². The predicted molar refractivity (Wildman–Crippen MR) is 243 cm³/mol. The molecule has 0 bridgehead atoms. The number of allylic oxidation sites excluding steroid dienone is 1. The topological polar surface area (TPSA) is 49.3 Å². The van der Waals surface area contributed by atoms with Crippen molar-refractivity contribution in [1.82, 2.24) is 9.13 Å². The first kappa shape index (κ1) is 33.6. The van der Waals surface area contributed by atoms with Crippen LogP contribution in [0.1, 0.15) is 23.6 Å². The fourth-order valence-corrected chi connectivity index (χ4v) is 8.82. The van der Waals surface area contributed by atoms with Crippen molar-refractivity contribution in [3.8, 4) is 11.4 Å². The molecule has 3 heterocycles. The summed E-state index contributed by atoms with van der Waals surface area (Å²) in [5, 5.41) is 14.6. The van der Waals surface area contributed by atoms with Crippen molar-refractivity contribution in [3.63, 3.8) is 0 Å². The molecule has 58 heavy (non-hydrogen) atoms. The molecule has 8 aromatic carbocycles. The zero-order chi connectivity index (χ0) is 38.7. The molecule has 5 heteroatoms. The Bertz CT molecular complexity index is 3240. The summed E-state index contributed by atoms with van der Waals surface area (Å²) in [7, 11) is 0. The molecule has 274 valence electrons. The van der Waals surface area contributed by atoms with Gasteiger partial charge in [0.1, 0.15) is 0 Å². The standard InChI is InChI=1S/C53H37N5/c1-35(37-30-33-44-43-22-10-14-26-48(43)57(50(44)34-37)38-16-4-2-5-17-38)55-52(53-51(54)45-23-11-15-27-49(45)58(53)39-18-6-3-7-19-39)36-28-31-40(32-29-36)56-46-24-12-8-20-41(46)42-21-9-13-25-47(42)56/h2-34,54H,1H3/b53-52+,54-51?,55-35?. The monoisotopic (exact) mass is 743 g/mol. The van der Waals surface area contributed by atoms with E-state index >= 15 is 0 Å². The lowest BCUT2D eigenvalue weighted by molar-refractivity contribution is 1.18. The number of nitrogens with zero attached hydrogens (tertiary/aromatic N) is 4. The lowest BCUT2D eigenvalue weighted by Gasteiger charge is -2.23. The van der Waals surface area contributed by atoms with Gasteiger partial charge in [-0.2, -0.15) is 0 Å². The minimum atomic E-state index is 0.442. The molecule has 0 spiro atoms. The maximum absolute atomic E-state index is 9.75. The summed E-state index contributed by atoms with van der Waals surface area (Å²) >= 11 is 0. The van der Waals surface area contributed by atoms with Crippen molar-refractivity contribution in [1.29, 1.82) is 5.41 Å². The number of hydrogen-bond donors (Lipinski definition) is 1. The largest absolute Gasteiger partial charge is 0.309 e. The Morgan fingerprint density at radius 1 is 0.431 bits per heavy atom. The second kappa shape index (κ2) is 13.5. The van der Waals surface area contributed by atoms with E-state index in [0.29, 0.717) is 5.71 Å². The molecule has 0 fully saturated rings. The van der Waals surface area contributed by atoms with E-state index in [0.717, 1.165) is 78.6 Å². The van der Waals surface area contributed by atoms with Gasteiger partial charge in [0.05, 0.1) is 44.9 Å². The lowest BCUT2D eigenvalue weighted by Crippen LogP contribution is -2.17. The third-order valence-corrected chi connectivity index (χ3v) is 11.5. The highest BCUT2D eigenvalue weighted by atomic mass is 15.2. The molecule has 0 saturated carbocycles. The summed E-state index contributed by atoms with van der Waals surface area (Å²) in [5.41, 5.74) is 14.3. The molecule has 5 nitrogen and oxygen atoms in total. The van der Waals surface area contributed by atoms with E-state index < -0.39 is 0 Å². The fourth-order valence-electron chi connectivity index (χ4n) is 8.82. The summed E-state index contributed by atoms with van der Waals surface area (Å²) in [5.74, 6) is 0. The second-order valence-electron chi connectivity index (χ2n) is 14.8. The van der Waals surface area contributed by atoms with Crippen LogP contribution in [-0.2, 0) is 0 Å². The normalized spacial score (nSPS) is 13.9. The first-order valence-corrected chi connectivity index (χ1v) is 19.6. The van der Waals surface area contributed by atoms with Crippen molar-refractivity contribution in [2.75, 3.05) is 4.90 Å². The molecule has 10 aromatic rings. The van der Waals surface area contributed by atoms with Gasteiger partial charge in [0.25, 0.3) is 0 Å². The van der Waals surface area contributed by atoms with Crippen LogP contribution in [-0.4, -0.2) is 20.6 Å². The van der Waals surface area contributed by atoms with Gasteiger partial charge in [-0.1, -0.05) is 133 Å². The summed E-state index contributed by atoms with van der Waals surface area (Å²) in [4.78, 5) is 7.76. The molecule has 0 unspecified atom stereocenters. The van der Waals surface area contributed by atoms with E-state index in [-0.39, 0.29) is 0 Å². The number of fused-ring (bicyclic) bond motifs is 7. The van der Waals surface area contributed by atoms with Gasteiger partial charge in [-0.25, -0.2) is 0 Å². The Hall–Kier alpha value is -7.76. The van der Waals surface area contributed by atoms with Crippen LogP contribution in [0.5, 0.6) is 0 Å². The van der Waals surface area contributed by atoms with Crippen molar-refractivity contribution in [3.05, 3.63) is 223 Å². The van der Waals surface area contributed by atoms with Gasteiger partial charge < -0.3 is 14.0 Å². The molecule has 11 rings (SSSR count). The highest BCUT2D eigenvalue weighted by Gasteiger charge is 2.33. The zero-order valence-electron chi connectivity index (χ0n) is 31.8. The fraction of sp³-hybridized carbons (Fsp3) is 0.0189. The van der Waals surface area contributed by atoms with E-state index in [4.69, 9.17) is 4.99 Å². The number of nitrogens with one attached hydrogen (secondary N) is 1. The third kappa shape index (κ3) is 5.25. The SMILES string of the molecule is CC(=N/C(=C1\C(=N)c2ccccc2N1c1ccccc1)c1ccc(-n2c3ccccc3c3ccccc32)cc1)c1ccc2c3ccccc3n(-c3ccccc3)c2c1. The number of anilines is 2. The Labute approximate surface area is 336 Å². The van der Waals surface area contributed by atoms with Gasteiger partial charge in [-0.3, -0.25) is 10.4 Å². The Balaban J connectivity index is 1.13. The van der Waals surface area contributed by atoms with Crippen LogP contribution in [0.15, 0.2) is 211 Å². The molecule has 1 aliphatic heterocycles. The first-order valence-electron chi connectivity index (χ1n) is 19.6. The van der Waals surface area contributed by atoms with Crippen LogP contribution in [0.4, 0.5) is 11.4 Å². The molecule has 0 saturated heterocycles. The van der Waals surface area contributed by atoms with Gasteiger partial charge in [0.15, 0.2) is 0 Å². The van der Waals surface area contributed by atoms with Crippen molar-refractivity contribution in [2.24, 2.45) is 4.99 Å². The van der Waals surface area contributed by atoms with E-state index in [2.05, 4.69) is 185 Å². The molecular weight excluding hydrogens is 707 g/mol. The molecule has 2 aromatic heterocycles. The quantitative estimate of drug-likeness (QED) is 0.169.